The average molecular weight is 463 g/mol. The molecule has 1 atom stereocenters. The first-order chi connectivity index (χ1) is 16.1. The number of nitrogens with one attached hydrogen (secondary N) is 3. The minimum atomic E-state index is -0.766. The summed E-state index contributed by atoms with van der Waals surface area (Å²) >= 11 is 5.96. The van der Waals surface area contributed by atoms with E-state index in [2.05, 4.69) is 32.0 Å². The Kier molecular flexibility index (Phi) is 5.98. The standard InChI is InChI=1S/C25H22ClFN5O/c26-20-11-16(12-21(27)25(20)33)15-3-5-22-19(10-15)23(7-9-29-22)31-18-4-6-24(30-14-18)32-17-2-1-8-28-13-17/h3-6,9-12,14,17,28,33H,1-2,8,13H2,(H,29,31)(H,30,32). The number of phenolic OH excluding ortho intramolecular Hbond substituents is 1. The van der Waals surface area contributed by atoms with Gasteiger partial charge in [0.1, 0.15) is 5.82 Å². The van der Waals surface area contributed by atoms with Gasteiger partial charge in [-0.25, -0.2) is 9.37 Å². The van der Waals surface area contributed by atoms with Crippen LogP contribution in [0.4, 0.5) is 21.6 Å². The van der Waals surface area contributed by atoms with Gasteiger partial charge in [-0.15, -0.1) is 0 Å². The lowest BCUT2D eigenvalue weighted by Gasteiger charge is -2.24. The van der Waals surface area contributed by atoms with Gasteiger partial charge in [-0.3, -0.25) is 4.98 Å². The number of benzene rings is 2. The van der Waals surface area contributed by atoms with Crippen LogP contribution in [0, 0.1) is 11.9 Å². The highest BCUT2D eigenvalue weighted by Crippen LogP contribution is 2.35. The molecule has 5 rings (SSSR count). The zero-order valence-corrected chi connectivity index (χ0v) is 18.5. The Bertz CT molecular complexity index is 1270. The first-order valence-electron chi connectivity index (χ1n) is 10.8. The summed E-state index contributed by atoms with van der Waals surface area (Å²) in [6, 6.07) is 15.8. The first-order valence-corrected chi connectivity index (χ1v) is 11.1. The molecule has 1 aliphatic rings. The Balaban J connectivity index is 1.40. The van der Waals surface area contributed by atoms with E-state index in [-0.39, 0.29) is 5.02 Å². The fourth-order valence-electron chi connectivity index (χ4n) is 3.99. The molecule has 0 bridgehead atoms. The van der Waals surface area contributed by atoms with E-state index in [9.17, 15) is 9.50 Å². The van der Waals surface area contributed by atoms with Crippen molar-refractivity contribution in [2.75, 3.05) is 23.7 Å². The number of pyridine rings is 2. The van der Waals surface area contributed by atoms with Crippen LogP contribution in [0.2, 0.25) is 5.02 Å². The number of nitrogens with zero attached hydrogens (tertiary/aromatic N) is 2. The maximum atomic E-state index is 14.0. The normalized spacial score (nSPS) is 16.0. The van der Waals surface area contributed by atoms with Gasteiger partial charge in [0.15, 0.2) is 11.6 Å². The molecule has 1 fully saturated rings. The number of phenols is 1. The molecule has 33 heavy (non-hydrogen) atoms. The van der Waals surface area contributed by atoms with Gasteiger partial charge in [0.25, 0.3) is 0 Å². The lowest BCUT2D eigenvalue weighted by molar-refractivity contribution is 0.433. The lowest BCUT2D eigenvalue weighted by atomic mass is 10.0. The fraction of sp³-hybridized carbons (Fsp3) is 0.200. The second-order valence-electron chi connectivity index (χ2n) is 8.04. The van der Waals surface area contributed by atoms with E-state index in [0.717, 1.165) is 59.6 Å². The van der Waals surface area contributed by atoms with Gasteiger partial charge in [0, 0.05) is 30.2 Å². The number of rotatable bonds is 5. The number of halogens is 2. The van der Waals surface area contributed by atoms with Gasteiger partial charge in [0.2, 0.25) is 0 Å². The summed E-state index contributed by atoms with van der Waals surface area (Å²) in [5.41, 5.74) is 3.61. The predicted octanol–water partition coefficient (Wildman–Crippen LogP) is 5.50. The van der Waals surface area contributed by atoms with E-state index in [0.29, 0.717) is 11.6 Å². The van der Waals surface area contributed by atoms with Crippen molar-refractivity contribution in [2.45, 2.75) is 18.9 Å². The van der Waals surface area contributed by atoms with Crippen LogP contribution >= 0.6 is 11.6 Å². The second kappa shape index (κ2) is 9.21. The van der Waals surface area contributed by atoms with Crippen molar-refractivity contribution in [1.82, 2.24) is 15.3 Å². The fourth-order valence-corrected chi connectivity index (χ4v) is 4.20. The van der Waals surface area contributed by atoms with Gasteiger partial charge in [0.05, 0.1) is 28.1 Å². The van der Waals surface area contributed by atoms with Crippen molar-refractivity contribution in [3.63, 3.8) is 0 Å². The largest absolute Gasteiger partial charge is 0.504 e. The second-order valence-corrected chi connectivity index (χ2v) is 8.45. The van der Waals surface area contributed by atoms with Crippen LogP contribution in [0.3, 0.4) is 0 Å². The molecule has 0 aliphatic carbocycles. The molecule has 0 amide bonds. The quantitative estimate of drug-likeness (QED) is 0.313. The van der Waals surface area contributed by atoms with E-state index in [1.807, 2.05) is 30.3 Å². The number of aromatic nitrogens is 2. The van der Waals surface area contributed by atoms with Crippen LogP contribution in [-0.2, 0) is 0 Å². The predicted molar refractivity (Wildman–Crippen MR) is 130 cm³/mol. The lowest BCUT2D eigenvalue weighted by Crippen LogP contribution is -2.38. The number of hydrogen-bond acceptors (Lipinski definition) is 6. The topological polar surface area (TPSA) is 82.1 Å². The SMILES string of the molecule is Oc1c(F)cc(-c2ccc3nc[c]c(Nc4ccc(NC5CCCNC5)nc4)c3c2)cc1Cl. The van der Waals surface area contributed by atoms with Crippen molar-refractivity contribution in [3.05, 3.63) is 71.8 Å². The van der Waals surface area contributed by atoms with E-state index in [1.54, 1.807) is 12.4 Å². The first kappa shape index (κ1) is 21.4. The molecule has 0 saturated carbocycles. The third-order valence-corrected chi connectivity index (χ3v) is 6.00. The van der Waals surface area contributed by atoms with Crippen LogP contribution in [0.15, 0.2) is 54.9 Å². The van der Waals surface area contributed by atoms with Gasteiger partial charge in [-0.05, 0) is 66.9 Å². The summed E-state index contributed by atoms with van der Waals surface area (Å²) in [6.07, 6.45) is 5.68. The maximum absolute atomic E-state index is 14.0. The minimum Gasteiger partial charge on any atom is -0.504 e. The molecule has 2 aromatic carbocycles. The number of aromatic hydroxyl groups is 1. The summed E-state index contributed by atoms with van der Waals surface area (Å²) in [5.74, 6) is -0.479. The molecule has 3 heterocycles. The highest BCUT2D eigenvalue weighted by Gasteiger charge is 2.14. The molecule has 1 aliphatic heterocycles. The zero-order valence-electron chi connectivity index (χ0n) is 17.7. The van der Waals surface area contributed by atoms with Crippen molar-refractivity contribution < 1.29 is 9.50 Å². The van der Waals surface area contributed by atoms with Crippen LogP contribution in [0.1, 0.15) is 12.8 Å². The number of piperidine rings is 1. The van der Waals surface area contributed by atoms with Crippen molar-refractivity contribution in [2.24, 2.45) is 0 Å². The van der Waals surface area contributed by atoms with Gasteiger partial charge < -0.3 is 21.1 Å². The Hall–Kier alpha value is -3.42. The molecule has 4 N–H and O–H groups in total. The van der Waals surface area contributed by atoms with Crippen molar-refractivity contribution >= 4 is 39.7 Å². The summed E-state index contributed by atoms with van der Waals surface area (Å²) in [7, 11) is 0. The van der Waals surface area contributed by atoms with Gasteiger partial charge >= 0.3 is 0 Å². The average Bonchev–Trinajstić information content (AvgIpc) is 2.84. The molecule has 0 spiro atoms. The van der Waals surface area contributed by atoms with E-state index in [1.165, 1.54) is 12.1 Å². The molecular formula is C25H22ClFN5O. The summed E-state index contributed by atoms with van der Waals surface area (Å²) < 4.78 is 14.0. The van der Waals surface area contributed by atoms with Crippen LogP contribution in [-0.4, -0.2) is 34.2 Å². The molecule has 8 heteroatoms. The van der Waals surface area contributed by atoms with E-state index >= 15 is 0 Å². The third-order valence-electron chi connectivity index (χ3n) is 5.71. The number of fused-ring (bicyclic) bond motifs is 1. The minimum absolute atomic E-state index is 0.0371. The molecule has 167 valence electrons. The maximum Gasteiger partial charge on any atom is 0.170 e. The molecular weight excluding hydrogens is 441 g/mol. The Morgan fingerprint density at radius 1 is 1.12 bits per heavy atom. The smallest absolute Gasteiger partial charge is 0.170 e. The van der Waals surface area contributed by atoms with E-state index < -0.39 is 11.6 Å². The van der Waals surface area contributed by atoms with Crippen LogP contribution in [0.25, 0.3) is 22.0 Å². The Morgan fingerprint density at radius 2 is 2.03 bits per heavy atom. The molecule has 2 aromatic heterocycles. The monoisotopic (exact) mass is 462 g/mol. The molecule has 1 saturated heterocycles. The molecule has 6 nitrogen and oxygen atoms in total. The summed E-state index contributed by atoms with van der Waals surface area (Å²) in [4.78, 5) is 8.91. The number of hydrogen-bond donors (Lipinski definition) is 4. The highest BCUT2D eigenvalue weighted by atomic mass is 35.5. The zero-order chi connectivity index (χ0) is 22.8. The van der Waals surface area contributed by atoms with Crippen LogP contribution < -0.4 is 16.0 Å². The Morgan fingerprint density at radius 3 is 2.79 bits per heavy atom. The third kappa shape index (κ3) is 4.69. The molecule has 1 unspecified atom stereocenters. The van der Waals surface area contributed by atoms with Crippen molar-refractivity contribution in [3.8, 4) is 16.9 Å². The van der Waals surface area contributed by atoms with Crippen molar-refractivity contribution in [1.29, 1.82) is 0 Å². The highest BCUT2D eigenvalue weighted by molar-refractivity contribution is 6.32. The van der Waals surface area contributed by atoms with E-state index in [4.69, 9.17) is 11.6 Å². The number of anilines is 3. The molecule has 1 radical (unpaired) electrons. The summed E-state index contributed by atoms with van der Waals surface area (Å²) in [6.45, 7) is 2.01. The molecule has 4 aromatic rings. The van der Waals surface area contributed by atoms with Gasteiger partial charge in [-0.2, -0.15) is 0 Å². The summed E-state index contributed by atoms with van der Waals surface area (Å²) in [5, 5.41) is 20.6. The van der Waals surface area contributed by atoms with Crippen LogP contribution in [0.5, 0.6) is 5.75 Å². The van der Waals surface area contributed by atoms with Gasteiger partial charge in [-0.1, -0.05) is 17.7 Å². The Labute approximate surface area is 195 Å².